The normalized spacial score (nSPS) is 14.1. The van der Waals surface area contributed by atoms with Crippen molar-refractivity contribution >= 4 is 38.4 Å². The lowest BCUT2D eigenvalue weighted by atomic mass is 10.2. The molecule has 1 saturated heterocycles. The minimum atomic E-state index is 0.177. The molecule has 146 valence electrons. The monoisotopic (exact) mass is 409 g/mol. The highest BCUT2D eigenvalue weighted by molar-refractivity contribution is 7.21. The van der Waals surface area contributed by atoms with Crippen LogP contribution in [0.3, 0.4) is 0 Å². The molecule has 5 rings (SSSR count). The topological polar surface area (TPSA) is 88.8 Å². The fourth-order valence-corrected chi connectivity index (χ4v) is 4.15. The Morgan fingerprint density at radius 2 is 2.17 bits per heavy atom. The van der Waals surface area contributed by atoms with Crippen molar-refractivity contribution in [1.82, 2.24) is 29.9 Å². The number of carbonyl (C=O) groups excluding carboxylic acids is 1. The number of hydrogen-bond donors (Lipinski definition) is 1. The number of halogens is 1. The number of nitrogens with zero attached hydrogens (tertiary/aromatic N) is 6. The zero-order chi connectivity index (χ0) is 19.8. The van der Waals surface area contributed by atoms with Gasteiger partial charge in [-0.3, -0.25) is 9.78 Å². The van der Waals surface area contributed by atoms with Gasteiger partial charge in [0.2, 0.25) is 5.91 Å². The van der Waals surface area contributed by atoms with Crippen molar-refractivity contribution < 1.29 is 9.28 Å². The van der Waals surface area contributed by atoms with Gasteiger partial charge in [0, 0.05) is 30.4 Å². The SMILES string of the molecule is O=C1CCCN1Cc1cc(Nc2nc3ccc(-c4cnn(F)c4)nc3s2)ccn1. The Morgan fingerprint density at radius 1 is 1.24 bits per heavy atom. The molecule has 0 radical (unpaired) electrons. The van der Waals surface area contributed by atoms with Crippen molar-refractivity contribution in [1.29, 1.82) is 0 Å². The van der Waals surface area contributed by atoms with Crippen molar-refractivity contribution in [2.75, 3.05) is 11.9 Å². The van der Waals surface area contributed by atoms with E-state index in [-0.39, 0.29) is 10.8 Å². The van der Waals surface area contributed by atoms with Crippen molar-refractivity contribution in [3.63, 3.8) is 0 Å². The van der Waals surface area contributed by atoms with Crippen LogP contribution < -0.4 is 5.32 Å². The summed E-state index contributed by atoms with van der Waals surface area (Å²) in [5, 5.41) is 7.51. The van der Waals surface area contributed by atoms with Gasteiger partial charge in [-0.25, -0.2) is 9.97 Å². The molecule has 1 aliphatic heterocycles. The predicted molar refractivity (Wildman–Crippen MR) is 107 cm³/mol. The Hall–Kier alpha value is -3.40. The van der Waals surface area contributed by atoms with Crippen LogP contribution in [0.25, 0.3) is 21.6 Å². The molecule has 0 atom stereocenters. The lowest BCUT2D eigenvalue weighted by molar-refractivity contribution is -0.128. The summed E-state index contributed by atoms with van der Waals surface area (Å²) in [5.41, 5.74) is 3.67. The molecular formula is C19H16FN7OS. The van der Waals surface area contributed by atoms with Crippen molar-refractivity contribution in [2.24, 2.45) is 0 Å². The summed E-state index contributed by atoms with van der Waals surface area (Å²) in [6.45, 7) is 1.30. The van der Waals surface area contributed by atoms with Gasteiger partial charge in [0.25, 0.3) is 0 Å². The number of fused-ring (bicyclic) bond motifs is 1. The molecule has 1 amide bonds. The molecule has 0 aromatic carbocycles. The summed E-state index contributed by atoms with van der Waals surface area (Å²) < 4.78 is 13.1. The van der Waals surface area contributed by atoms with E-state index in [4.69, 9.17) is 0 Å². The summed E-state index contributed by atoms with van der Waals surface area (Å²) in [4.78, 5) is 28.1. The molecule has 0 spiro atoms. The fraction of sp³-hybridized carbons (Fsp3) is 0.211. The first-order valence-electron chi connectivity index (χ1n) is 9.12. The second-order valence-corrected chi connectivity index (χ2v) is 7.71. The van der Waals surface area contributed by atoms with Gasteiger partial charge >= 0.3 is 0 Å². The minimum Gasteiger partial charge on any atom is -0.337 e. The molecule has 29 heavy (non-hydrogen) atoms. The third kappa shape index (κ3) is 3.66. The number of nitrogens with one attached hydrogen (secondary N) is 1. The standard InChI is InChI=1S/C19H16FN7OS/c20-27-10-12(9-22-27)15-3-4-16-18(24-15)29-19(25-16)23-13-5-6-21-14(8-13)11-26-7-1-2-17(26)28/h3-6,8-10H,1-2,7,11H2,(H,21,23,25). The zero-order valence-corrected chi connectivity index (χ0v) is 16.1. The van der Waals surface area contributed by atoms with Crippen LogP contribution >= 0.6 is 11.3 Å². The van der Waals surface area contributed by atoms with Gasteiger partial charge in [-0.05, 0) is 30.7 Å². The summed E-state index contributed by atoms with van der Waals surface area (Å²) in [6, 6.07) is 7.42. The molecule has 8 nitrogen and oxygen atoms in total. The first kappa shape index (κ1) is 17.7. The van der Waals surface area contributed by atoms with Crippen molar-refractivity contribution in [3.8, 4) is 11.3 Å². The van der Waals surface area contributed by atoms with Crippen LogP contribution in [-0.4, -0.2) is 42.3 Å². The highest BCUT2D eigenvalue weighted by Crippen LogP contribution is 2.29. The van der Waals surface area contributed by atoms with Gasteiger partial charge in [0.1, 0.15) is 10.3 Å². The number of amides is 1. The molecule has 4 aromatic rings. The van der Waals surface area contributed by atoms with Gasteiger partial charge in [0.15, 0.2) is 5.13 Å². The molecule has 1 aliphatic rings. The number of anilines is 2. The number of rotatable bonds is 5. The molecule has 1 N–H and O–H groups in total. The van der Waals surface area contributed by atoms with Crippen LogP contribution in [0.2, 0.25) is 0 Å². The maximum atomic E-state index is 13.1. The molecule has 10 heteroatoms. The van der Waals surface area contributed by atoms with Gasteiger partial charge < -0.3 is 10.2 Å². The van der Waals surface area contributed by atoms with E-state index < -0.39 is 0 Å². The lowest BCUT2D eigenvalue weighted by Crippen LogP contribution is -2.24. The first-order valence-corrected chi connectivity index (χ1v) is 9.94. The average Bonchev–Trinajstić information content (AvgIpc) is 3.42. The molecule has 0 bridgehead atoms. The summed E-state index contributed by atoms with van der Waals surface area (Å²) in [5.74, 6) is 0.177. The van der Waals surface area contributed by atoms with Crippen LogP contribution in [0, 0.1) is 0 Å². The van der Waals surface area contributed by atoms with E-state index in [0.717, 1.165) is 34.7 Å². The molecule has 4 aromatic heterocycles. The fourth-order valence-electron chi connectivity index (χ4n) is 3.30. The molecule has 5 heterocycles. The predicted octanol–water partition coefficient (Wildman–Crippen LogP) is 3.55. The van der Waals surface area contributed by atoms with Crippen LogP contribution in [0.15, 0.2) is 42.9 Å². The Kier molecular flexibility index (Phi) is 4.39. The largest absolute Gasteiger partial charge is 0.337 e. The number of carbonyl (C=O) groups is 1. The summed E-state index contributed by atoms with van der Waals surface area (Å²) in [7, 11) is 0. The molecular weight excluding hydrogens is 393 g/mol. The molecule has 1 fully saturated rings. The minimum absolute atomic E-state index is 0.177. The third-order valence-corrected chi connectivity index (χ3v) is 5.58. The maximum Gasteiger partial charge on any atom is 0.222 e. The van der Waals surface area contributed by atoms with E-state index in [2.05, 4.69) is 25.4 Å². The van der Waals surface area contributed by atoms with Crippen molar-refractivity contribution in [2.45, 2.75) is 19.4 Å². The Bertz CT molecular complexity index is 1200. The smallest absolute Gasteiger partial charge is 0.222 e. The highest BCUT2D eigenvalue weighted by atomic mass is 32.1. The summed E-state index contributed by atoms with van der Waals surface area (Å²) >= 11 is 1.41. The van der Waals surface area contributed by atoms with E-state index in [1.54, 1.807) is 12.3 Å². The highest BCUT2D eigenvalue weighted by Gasteiger charge is 2.20. The first-order chi connectivity index (χ1) is 14.1. The second-order valence-electron chi connectivity index (χ2n) is 6.74. The number of thiazole rings is 1. The second kappa shape index (κ2) is 7.21. The van der Waals surface area contributed by atoms with Crippen LogP contribution in [0.5, 0.6) is 0 Å². The molecule has 0 aliphatic carbocycles. The van der Waals surface area contributed by atoms with Crippen LogP contribution in [-0.2, 0) is 11.3 Å². The number of aromatic nitrogens is 5. The van der Waals surface area contributed by atoms with E-state index >= 15 is 0 Å². The van der Waals surface area contributed by atoms with E-state index in [9.17, 15) is 9.28 Å². The molecule has 0 saturated carbocycles. The maximum absolute atomic E-state index is 13.1. The van der Waals surface area contributed by atoms with Gasteiger partial charge in [-0.1, -0.05) is 15.8 Å². The lowest BCUT2D eigenvalue weighted by Gasteiger charge is -2.15. The van der Waals surface area contributed by atoms with Crippen molar-refractivity contribution in [3.05, 3.63) is 48.5 Å². The Balaban J connectivity index is 1.36. The summed E-state index contributed by atoms with van der Waals surface area (Å²) in [6.07, 6.45) is 5.95. The van der Waals surface area contributed by atoms with E-state index in [1.165, 1.54) is 23.7 Å². The van der Waals surface area contributed by atoms with Gasteiger partial charge in [-0.2, -0.15) is 5.10 Å². The number of pyridine rings is 2. The Labute approximate surface area is 169 Å². The van der Waals surface area contributed by atoms with Gasteiger partial charge in [-0.15, -0.1) is 4.90 Å². The zero-order valence-electron chi connectivity index (χ0n) is 15.2. The third-order valence-electron chi connectivity index (χ3n) is 4.70. The number of likely N-dealkylation sites (tertiary alicyclic amines) is 1. The van der Waals surface area contributed by atoms with E-state index in [0.29, 0.717) is 29.4 Å². The van der Waals surface area contributed by atoms with E-state index in [1.807, 2.05) is 23.1 Å². The van der Waals surface area contributed by atoms with Gasteiger partial charge in [0.05, 0.1) is 30.3 Å². The van der Waals surface area contributed by atoms with Crippen LogP contribution in [0.1, 0.15) is 18.5 Å². The van der Waals surface area contributed by atoms with Crippen LogP contribution in [0.4, 0.5) is 15.3 Å². The molecule has 0 unspecified atom stereocenters. The average molecular weight is 409 g/mol. The Morgan fingerprint density at radius 3 is 2.97 bits per heavy atom. The number of hydrogen-bond acceptors (Lipinski definition) is 7. The quantitative estimate of drug-likeness (QED) is 0.542.